The maximum Gasteiger partial charge on any atom is 0.416 e. The van der Waals surface area contributed by atoms with E-state index in [1.165, 1.54) is 6.07 Å². The van der Waals surface area contributed by atoms with Crippen LogP contribution in [0.2, 0.25) is 0 Å². The number of halogens is 3. The van der Waals surface area contributed by atoms with Crippen molar-refractivity contribution in [3.63, 3.8) is 0 Å². The van der Waals surface area contributed by atoms with Gasteiger partial charge in [-0.1, -0.05) is 13.3 Å². The third-order valence-corrected chi connectivity index (χ3v) is 7.87. The Balaban J connectivity index is 1.49. The molecular formula is C26H35F3N4O. The molecule has 1 aromatic carbocycles. The Labute approximate surface area is 199 Å². The standard InChI is InChI=1S/C26H35F3N4O/c1-5-17-14-19(32(4)16(2)3)7-9-24(17)33-13-11-23(25(33)34)31-22-10-12-30-21-8-6-18(15-20(21)22)26(27,28)29/h6,8,10,12,15-17,19,23-24H,5,7,9,11,13-14H2,1-4H3,(H,30,31)/t17-,19-,23+,24+/m1/s1. The van der Waals surface area contributed by atoms with Crippen molar-refractivity contribution in [1.82, 2.24) is 14.8 Å². The van der Waals surface area contributed by atoms with E-state index in [9.17, 15) is 18.0 Å². The third-order valence-electron chi connectivity index (χ3n) is 7.87. The fourth-order valence-corrected chi connectivity index (χ4v) is 5.67. The van der Waals surface area contributed by atoms with Crippen LogP contribution in [0.25, 0.3) is 10.9 Å². The highest BCUT2D eigenvalue weighted by Gasteiger charge is 2.42. The van der Waals surface area contributed by atoms with E-state index in [4.69, 9.17) is 0 Å². The molecule has 1 aliphatic carbocycles. The van der Waals surface area contributed by atoms with Crippen LogP contribution in [-0.4, -0.2) is 58.5 Å². The SMILES string of the molecule is CC[C@@H]1C[C@H](N(C)C(C)C)CC[C@@H]1N1CC[C@H](Nc2ccnc3ccc(C(F)(F)F)cc23)C1=O. The second kappa shape index (κ2) is 9.72. The number of carbonyl (C=O) groups is 1. The van der Waals surface area contributed by atoms with Gasteiger partial charge in [0.25, 0.3) is 0 Å². The molecule has 0 spiro atoms. The maximum atomic E-state index is 13.4. The minimum Gasteiger partial charge on any atom is -0.373 e. The number of rotatable bonds is 6. The summed E-state index contributed by atoms with van der Waals surface area (Å²) in [4.78, 5) is 22.1. The lowest BCUT2D eigenvalue weighted by molar-refractivity contribution is -0.137. The van der Waals surface area contributed by atoms with E-state index in [2.05, 4.69) is 43.0 Å². The summed E-state index contributed by atoms with van der Waals surface area (Å²) in [5.74, 6) is 0.509. The highest BCUT2D eigenvalue weighted by atomic mass is 19.4. The molecule has 0 radical (unpaired) electrons. The lowest BCUT2D eigenvalue weighted by atomic mass is 9.78. The number of likely N-dealkylation sites (tertiary alicyclic amines) is 1. The monoisotopic (exact) mass is 476 g/mol. The first-order valence-corrected chi connectivity index (χ1v) is 12.3. The molecule has 186 valence electrons. The summed E-state index contributed by atoms with van der Waals surface area (Å²) in [5, 5.41) is 3.63. The summed E-state index contributed by atoms with van der Waals surface area (Å²) in [5.41, 5.74) is 0.272. The number of nitrogens with one attached hydrogen (secondary N) is 1. The second-order valence-electron chi connectivity index (χ2n) is 10.1. The highest BCUT2D eigenvalue weighted by molar-refractivity contribution is 5.95. The predicted molar refractivity (Wildman–Crippen MR) is 129 cm³/mol. The largest absolute Gasteiger partial charge is 0.416 e. The van der Waals surface area contributed by atoms with Gasteiger partial charge in [-0.25, -0.2) is 0 Å². The van der Waals surface area contributed by atoms with Crippen molar-refractivity contribution in [3.8, 4) is 0 Å². The van der Waals surface area contributed by atoms with Gasteiger partial charge in [0.1, 0.15) is 6.04 Å². The van der Waals surface area contributed by atoms with Crippen molar-refractivity contribution in [2.75, 3.05) is 18.9 Å². The number of benzene rings is 1. The number of fused-ring (bicyclic) bond motifs is 1. The Morgan fingerprint density at radius 1 is 1.21 bits per heavy atom. The molecule has 1 amide bonds. The van der Waals surface area contributed by atoms with Crippen molar-refractivity contribution < 1.29 is 18.0 Å². The van der Waals surface area contributed by atoms with Crippen LogP contribution in [0.3, 0.4) is 0 Å². The van der Waals surface area contributed by atoms with Crippen LogP contribution in [0.4, 0.5) is 18.9 Å². The van der Waals surface area contributed by atoms with Gasteiger partial charge in [0.15, 0.2) is 0 Å². The topological polar surface area (TPSA) is 48.5 Å². The minimum atomic E-state index is -4.43. The third kappa shape index (κ3) is 4.88. The number of carbonyl (C=O) groups excluding carboxylic acids is 1. The van der Waals surface area contributed by atoms with Gasteiger partial charge in [0, 0.05) is 41.9 Å². The van der Waals surface area contributed by atoms with Crippen LogP contribution in [0.5, 0.6) is 0 Å². The van der Waals surface area contributed by atoms with Gasteiger partial charge in [0.05, 0.1) is 11.1 Å². The number of nitrogens with zero attached hydrogens (tertiary/aromatic N) is 3. The number of alkyl halides is 3. The van der Waals surface area contributed by atoms with Gasteiger partial charge in [0.2, 0.25) is 5.91 Å². The molecular weight excluding hydrogens is 441 g/mol. The van der Waals surface area contributed by atoms with Gasteiger partial charge in [-0.2, -0.15) is 13.2 Å². The van der Waals surface area contributed by atoms with Crippen LogP contribution in [-0.2, 0) is 11.0 Å². The van der Waals surface area contributed by atoms with Crippen LogP contribution >= 0.6 is 0 Å². The maximum absolute atomic E-state index is 13.4. The number of anilines is 1. The Bertz CT molecular complexity index is 1020. The van der Waals surface area contributed by atoms with Crippen molar-refractivity contribution in [2.24, 2.45) is 5.92 Å². The van der Waals surface area contributed by atoms with E-state index < -0.39 is 17.8 Å². The van der Waals surface area contributed by atoms with Crippen LogP contribution in [0.15, 0.2) is 30.5 Å². The van der Waals surface area contributed by atoms with E-state index >= 15 is 0 Å². The van der Waals surface area contributed by atoms with E-state index in [-0.39, 0.29) is 11.9 Å². The van der Waals surface area contributed by atoms with Crippen LogP contribution in [0.1, 0.15) is 58.4 Å². The zero-order valence-corrected chi connectivity index (χ0v) is 20.4. The average molecular weight is 477 g/mol. The highest BCUT2D eigenvalue weighted by Crippen LogP contribution is 2.37. The van der Waals surface area contributed by atoms with E-state index in [0.717, 1.165) is 37.8 Å². The minimum absolute atomic E-state index is 0.0519. The lowest BCUT2D eigenvalue weighted by Gasteiger charge is -2.44. The van der Waals surface area contributed by atoms with Gasteiger partial charge < -0.3 is 15.1 Å². The summed E-state index contributed by atoms with van der Waals surface area (Å²) in [7, 11) is 2.19. The Kier molecular flexibility index (Phi) is 7.08. The summed E-state index contributed by atoms with van der Waals surface area (Å²) < 4.78 is 39.8. The van der Waals surface area contributed by atoms with E-state index in [0.29, 0.717) is 47.6 Å². The number of hydrogen-bond donors (Lipinski definition) is 1. The average Bonchev–Trinajstić information content (AvgIpc) is 3.17. The molecule has 1 aromatic heterocycles. The lowest BCUT2D eigenvalue weighted by Crippen LogP contribution is -2.50. The molecule has 34 heavy (non-hydrogen) atoms. The Morgan fingerprint density at radius 2 is 1.97 bits per heavy atom. The molecule has 1 saturated heterocycles. The van der Waals surface area contributed by atoms with Crippen LogP contribution in [0, 0.1) is 5.92 Å². The van der Waals surface area contributed by atoms with Crippen LogP contribution < -0.4 is 5.32 Å². The van der Waals surface area contributed by atoms with Gasteiger partial charge in [-0.15, -0.1) is 0 Å². The molecule has 4 rings (SSSR count). The number of amides is 1. The molecule has 0 unspecified atom stereocenters. The Hall–Kier alpha value is -2.35. The van der Waals surface area contributed by atoms with Crippen molar-refractivity contribution >= 4 is 22.5 Å². The normalized spacial score (nSPS) is 26.1. The first-order valence-electron chi connectivity index (χ1n) is 12.3. The van der Waals surface area contributed by atoms with Gasteiger partial charge in [-0.3, -0.25) is 9.78 Å². The van der Waals surface area contributed by atoms with Gasteiger partial charge >= 0.3 is 6.18 Å². The summed E-state index contributed by atoms with van der Waals surface area (Å²) in [6.45, 7) is 7.31. The number of hydrogen-bond acceptors (Lipinski definition) is 4. The number of pyridine rings is 1. The molecule has 8 heteroatoms. The molecule has 2 aromatic rings. The quantitative estimate of drug-likeness (QED) is 0.594. The summed E-state index contributed by atoms with van der Waals surface area (Å²) in [6, 6.07) is 6.01. The first kappa shape index (κ1) is 24.8. The van der Waals surface area contributed by atoms with E-state index in [1.807, 2.05) is 4.90 Å². The zero-order chi connectivity index (χ0) is 24.6. The second-order valence-corrected chi connectivity index (χ2v) is 10.1. The molecule has 5 nitrogen and oxygen atoms in total. The molecule has 0 bridgehead atoms. The first-order chi connectivity index (χ1) is 16.1. The van der Waals surface area contributed by atoms with E-state index in [1.54, 1.807) is 12.3 Å². The predicted octanol–water partition coefficient (Wildman–Crippen LogP) is 5.55. The molecule has 2 aliphatic rings. The van der Waals surface area contributed by atoms with Crippen molar-refractivity contribution in [1.29, 1.82) is 0 Å². The van der Waals surface area contributed by atoms with Crippen molar-refractivity contribution in [2.45, 2.75) is 83.2 Å². The fourth-order valence-electron chi connectivity index (χ4n) is 5.67. The fraction of sp³-hybridized carbons (Fsp3) is 0.615. The zero-order valence-electron chi connectivity index (χ0n) is 20.4. The summed E-state index contributed by atoms with van der Waals surface area (Å²) in [6.07, 6.45) is 1.97. The molecule has 2 heterocycles. The van der Waals surface area contributed by atoms with Gasteiger partial charge in [-0.05, 0) is 76.8 Å². The van der Waals surface area contributed by atoms with Crippen molar-refractivity contribution in [3.05, 3.63) is 36.0 Å². The smallest absolute Gasteiger partial charge is 0.373 e. The molecule has 1 N–H and O–H groups in total. The molecule has 4 atom stereocenters. The number of aromatic nitrogens is 1. The Morgan fingerprint density at radius 3 is 2.65 bits per heavy atom. The molecule has 1 saturated carbocycles. The molecule has 1 aliphatic heterocycles. The molecule has 2 fully saturated rings. The summed E-state index contributed by atoms with van der Waals surface area (Å²) >= 11 is 0.